The number of ether oxygens (including phenoxy) is 1. The number of aromatic nitrogens is 1. The molecule has 1 saturated heterocycles. The third kappa shape index (κ3) is 3.79. The highest BCUT2D eigenvalue weighted by Crippen LogP contribution is 2.32. The molecular weight excluding hydrogens is 352 g/mol. The molecule has 1 aromatic heterocycles. The standard InChI is InChI=1S/C18H20N4O3S/c1-2-25-16-9-8-14(20-18-7-5-6-15(13-19)21-18)12-17(16)26(23,24)22-10-3-4-11-22/h5-9,12H,2-4,10-11H2,1H3,(H,20,21). The Labute approximate surface area is 153 Å². The van der Waals surface area contributed by atoms with E-state index in [0.29, 0.717) is 37.0 Å². The van der Waals surface area contributed by atoms with Crippen LogP contribution in [0.2, 0.25) is 0 Å². The Hall–Kier alpha value is -2.63. The molecule has 3 rings (SSSR count). The first-order valence-electron chi connectivity index (χ1n) is 8.46. The van der Waals surface area contributed by atoms with E-state index in [1.807, 2.05) is 13.0 Å². The van der Waals surface area contributed by atoms with Crippen molar-refractivity contribution in [2.45, 2.75) is 24.7 Å². The van der Waals surface area contributed by atoms with Gasteiger partial charge in [-0.2, -0.15) is 9.57 Å². The highest BCUT2D eigenvalue weighted by atomic mass is 32.2. The van der Waals surface area contributed by atoms with Gasteiger partial charge in [0.15, 0.2) is 0 Å². The number of sulfonamides is 1. The van der Waals surface area contributed by atoms with Crippen molar-refractivity contribution in [3.8, 4) is 11.8 Å². The molecule has 7 nitrogen and oxygen atoms in total. The van der Waals surface area contributed by atoms with Crippen LogP contribution in [0.25, 0.3) is 0 Å². The van der Waals surface area contributed by atoms with Crippen molar-refractivity contribution in [3.05, 3.63) is 42.1 Å². The van der Waals surface area contributed by atoms with Crippen molar-refractivity contribution in [3.63, 3.8) is 0 Å². The molecule has 1 N–H and O–H groups in total. The number of anilines is 2. The third-order valence-electron chi connectivity index (χ3n) is 4.06. The maximum atomic E-state index is 13.0. The summed E-state index contributed by atoms with van der Waals surface area (Å²) in [5.74, 6) is 0.807. The zero-order chi connectivity index (χ0) is 18.6. The first kappa shape index (κ1) is 18.2. The smallest absolute Gasteiger partial charge is 0.246 e. The van der Waals surface area contributed by atoms with Crippen LogP contribution in [0.5, 0.6) is 5.75 Å². The quantitative estimate of drug-likeness (QED) is 0.838. The molecule has 0 spiro atoms. The fourth-order valence-corrected chi connectivity index (χ4v) is 4.52. The molecule has 0 aliphatic carbocycles. The van der Waals surface area contributed by atoms with Gasteiger partial charge in [-0.1, -0.05) is 6.07 Å². The predicted octanol–water partition coefficient (Wildman–Crippen LogP) is 2.88. The van der Waals surface area contributed by atoms with E-state index in [0.717, 1.165) is 12.8 Å². The average Bonchev–Trinajstić information content (AvgIpc) is 3.19. The van der Waals surface area contributed by atoms with Crippen LogP contribution in [0.1, 0.15) is 25.5 Å². The van der Waals surface area contributed by atoms with Crippen LogP contribution in [0, 0.1) is 11.3 Å². The molecular formula is C18H20N4O3S. The summed E-state index contributed by atoms with van der Waals surface area (Å²) < 4.78 is 33.0. The number of nitriles is 1. The molecule has 26 heavy (non-hydrogen) atoms. The number of hydrogen-bond acceptors (Lipinski definition) is 6. The maximum Gasteiger partial charge on any atom is 0.246 e. The van der Waals surface area contributed by atoms with Crippen LogP contribution in [0.4, 0.5) is 11.5 Å². The largest absolute Gasteiger partial charge is 0.492 e. The van der Waals surface area contributed by atoms with Crippen LogP contribution in [-0.2, 0) is 10.0 Å². The van der Waals surface area contributed by atoms with Gasteiger partial charge in [0.05, 0.1) is 6.61 Å². The average molecular weight is 372 g/mol. The molecule has 1 fully saturated rings. The molecule has 0 bridgehead atoms. The van der Waals surface area contributed by atoms with E-state index >= 15 is 0 Å². The maximum absolute atomic E-state index is 13.0. The fourth-order valence-electron chi connectivity index (χ4n) is 2.84. The molecule has 0 amide bonds. The van der Waals surface area contributed by atoms with Crippen molar-refractivity contribution in [1.82, 2.24) is 9.29 Å². The second-order valence-corrected chi connectivity index (χ2v) is 7.76. The lowest BCUT2D eigenvalue weighted by molar-refractivity contribution is 0.330. The van der Waals surface area contributed by atoms with E-state index in [4.69, 9.17) is 10.00 Å². The summed E-state index contributed by atoms with van der Waals surface area (Å²) in [7, 11) is -3.62. The Morgan fingerprint density at radius 2 is 2.04 bits per heavy atom. The third-order valence-corrected chi connectivity index (χ3v) is 5.98. The van der Waals surface area contributed by atoms with Crippen molar-refractivity contribution in [2.24, 2.45) is 0 Å². The number of nitrogens with one attached hydrogen (secondary N) is 1. The Bertz CT molecular complexity index is 932. The number of rotatable bonds is 6. The number of pyridine rings is 1. The van der Waals surface area contributed by atoms with E-state index < -0.39 is 10.0 Å². The Morgan fingerprint density at radius 3 is 2.73 bits per heavy atom. The number of benzene rings is 1. The number of nitrogens with zero attached hydrogens (tertiary/aromatic N) is 3. The topological polar surface area (TPSA) is 95.3 Å². The molecule has 2 aromatic rings. The zero-order valence-electron chi connectivity index (χ0n) is 14.5. The van der Waals surface area contributed by atoms with Crippen molar-refractivity contribution in [2.75, 3.05) is 25.0 Å². The van der Waals surface area contributed by atoms with Crippen molar-refractivity contribution < 1.29 is 13.2 Å². The molecule has 0 radical (unpaired) electrons. The van der Waals surface area contributed by atoms with Crippen LogP contribution >= 0.6 is 0 Å². The summed E-state index contributed by atoms with van der Waals surface area (Å²) in [5.41, 5.74) is 0.847. The minimum atomic E-state index is -3.62. The van der Waals surface area contributed by atoms with E-state index in [1.54, 1.807) is 36.4 Å². The molecule has 1 aliphatic rings. The van der Waals surface area contributed by atoms with Gasteiger partial charge in [0.25, 0.3) is 0 Å². The predicted molar refractivity (Wildman–Crippen MR) is 97.8 cm³/mol. The SMILES string of the molecule is CCOc1ccc(Nc2cccc(C#N)n2)cc1S(=O)(=O)N1CCCC1. The van der Waals surface area contributed by atoms with Gasteiger partial charge in [-0.25, -0.2) is 13.4 Å². The molecule has 136 valence electrons. The lowest BCUT2D eigenvalue weighted by atomic mass is 10.3. The van der Waals surface area contributed by atoms with Crippen molar-refractivity contribution in [1.29, 1.82) is 5.26 Å². The van der Waals surface area contributed by atoms with Gasteiger partial charge in [-0.05, 0) is 50.1 Å². The minimum absolute atomic E-state index is 0.141. The zero-order valence-corrected chi connectivity index (χ0v) is 15.3. The van der Waals surface area contributed by atoms with E-state index in [2.05, 4.69) is 10.3 Å². The fraction of sp³-hybridized carbons (Fsp3) is 0.333. The molecule has 1 aliphatic heterocycles. The second-order valence-electron chi connectivity index (χ2n) is 5.85. The van der Waals surface area contributed by atoms with E-state index in [9.17, 15) is 8.42 Å². The molecule has 2 heterocycles. The summed E-state index contributed by atoms with van der Waals surface area (Å²) in [5, 5.41) is 12.0. The summed E-state index contributed by atoms with van der Waals surface area (Å²) in [6, 6.07) is 11.9. The first-order chi connectivity index (χ1) is 12.5. The lowest BCUT2D eigenvalue weighted by Gasteiger charge is -2.19. The van der Waals surface area contributed by atoms with Gasteiger partial charge in [0.2, 0.25) is 10.0 Å². The lowest BCUT2D eigenvalue weighted by Crippen LogP contribution is -2.28. The monoisotopic (exact) mass is 372 g/mol. The van der Waals surface area contributed by atoms with E-state index in [1.165, 1.54) is 4.31 Å². The Morgan fingerprint density at radius 1 is 1.27 bits per heavy atom. The van der Waals surface area contributed by atoms with Crippen LogP contribution < -0.4 is 10.1 Å². The Balaban J connectivity index is 1.97. The summed E-state index contributed by atoms with van der Waals surface area (Å²) in [4.78, 5) is 4.29. The van der Waals surface area contributed by atoms with Gasteiger partial charge in [-0.3, -0.25) is 0 Å². The van der Waals surface area contributed by atoms with Crippen LogP contribution in [0.3, 0.4) is 0 Å². The van der Waals surface area contributed by atoms with Gasteiger partial charge < -0.3 is 10.1 Å². The van der Waals surface area contributed by atoms with Gasteiger partial charge in [0, 0.05) is 18.8 Å². The molecule has 0 saturated carbocycles. The summed E-state index contributed by atoms with van der Waals surface area (Å²) >= 11 is 0. The highest BCUT2D eigenvalue weighted by molar-refractivity contribution is 7.89. The van der Waals surface area contributed by atoms with Gasteiger partial charge >= 0.3 is 0 Å². The first-order valence-corrected chi connectivity index (χ1v) is 9.90. The van der Waals surface area contributed by atoms with Crippen molar-refractivity contribution >= 4 is 21.5 Å². The summed E-state index contributed by atoms with van der Waals surface area (Å²) in [6.07, 6.45) is 1.73. The van der Waals surface area contributed by atoms with Gasteiger partial charge in [0.1, 0.15) is 28.2 Å². The Kier molecular flexibility index (Phi) is 5.40. The van der Waals surface area contributed by atoms with Crippen LogP contribution in [0.15, 0.2) is 41.3 Å². The molecule has 0 atom stereocenters. The second kappa shape index (κ2) is 7.72. The van der Waals surface area contributed by atoms with E-state index in [-0.39, 0.29) is 10.6 Å². The molecule has 0 unspecified atom stereocenters. The highest BCUT2D eigenvalue weighted by Gasteiger charge is 2.30. The summed E-state index contributed by atoms with van der Waals surface area (Å²) in [6.45, 7) is 3.24. The van der Waals surface area contributed by atoms with Gasteiger partial charge in [-0.15, -0.1) is 0 Å². The minimum Gasteiger partial charge on any atom is -0.492 e. The van der Waals surface area contributed by atoms with Crippen LogP contribution in [-0.4, -0.2) is 37.4 Å². The molecule has 1 aromatic carbocycles. The molecule has 8 heteroatoms. The normalized spacial score (nSPS) is 14.8. The number of hydrogen-bond donors (Lipinski definition) is 1.